The van der Waals surface area contributed by atoms with E-state index < -0.39 is 0 Å². The molecule has 6 nitrogen and oxygen atoms in total. The van der Waals surface area contributed by atoms with E-state index in [1.807, 2.05) is 24.3 Å². The van der Waals surface area contributed by atoms with Gasteiger partial charge >= 0.3 is 0 Å². The average molecular weight is 291 g/mol. The number of hydrogen-bond acceptors (Lipinski definition) is 5. The van der Waals surface area contributed by atoms with Crippen LogP contribution in [0.2, 0.25) is 0 Å². The van der Waals surface area contributed by atoms with Crippen LogP contribution in [-0.4, -0.2) is 33.8 Å². The van der Waals surface area contributed by atoms with Crippen LogP contribution in [0, 0.1) is 0 Å². The van der Waals surface area contributed by atoms with Gasteiger partial charge in [-0.25, -0.2) is 4.68 Å². The van der Waals surface area contributed by atoms with Crippen LogP contribution in [0.25, 0.3) is 0 Å². The molecule has 2 rings (SSSR count). The monoisotopic (exact) mass is 291 g/mol. The van der Waals surface area contributed by atoms with Gasteiger partial charge in [-0.1, -0.05) is 18.6 Å². The van der Waals surface area contributed by atoms with Gasteiger partial charge in [0.05, 0.1) is 26.0 Å². The van der Waals surface area contributed by atoms with Crippen molar-refractivity contribution < 1.29 is 14.6 Å². The van der Waals surface area contributed by atoms with Crippen molar-refractivity contribution in [3.8, 4) is 11.5 Å². The minimum absolute atomic E-state index is 0.0747. The van der Waals surface area contributed by atoms with E-state index in [1.54, 1.807) is 11.8 Å². The number of hydrogen-bond donors (Lipinski definition) is 1. The second-order valence-corrected chi connectivity index (χ2v) is 4.64. The zero-order valence-corrected chi connectivity index (χ0v) is 12.5. The molecular weight excluding hydrogens is 270 g/mol. The maximum absolute atomic E-state index is 9.25. The molecule has 0 radical (unpaired) electrons. The molecule has 0 saturated heterocycles. The van der Waals surface area contributed by atoms with Crippen molar-refractivity contribution in [2.75, 3.05) is 13.7 Å². The minimum atomic E-state index is -0.0747. The summed E-state index contributed by atoms with van der Waals surface area (Å²) < 4.78 is 12.6. The quantitative estimate of drug-likeness (QED) is 0.803. The van der Waals surface area contributed by atoms with E-state index in [9.17, 15) is 5.11 Å². The summed E-state index contributed by atoms with van der Waals surface area (Å²) in [5.41, 5.74) is 1.64. The number of aromatic nitrogens is 3. The highest BCUT2D eigenvalue weighted by Crippen LogP contribution is 2.17. The molecule has 0 unspecified atom stereocenters. The molecule has 0 amide bonds. The van der Waals surface area contributed by atoms with Gasteiger partial charge < -0.3 is 14.6 Å². The molecule has 0 aliphatic rings. The van der Waals surface area contributed by atoms with E-state index in [0.717, 1.165) is 30.0 Å². The molecule has 1 N–H and O–H groups in total. The molecule has 0 saturated carbocycles. The molecule has 114 valence electrons. The van der Waals surface area contributed by atoms with Crippen LogP contribution in [-0.2, 0) is 19.6 Å². The maximum atomic E-state index is 9.25. The number of nitrogens with zero attached hydrogens (tertiary/aromatic N) is 3. The Hall–Kier alpha value is -2.08. The molecule has 0 fully saturated rings. The second-order valence-electron chi connectivity index (χ2n) is 4.64. The third-order valence-electron chi connectivity index (χ3n) is 3.19. The van der Waals surface area contributed by atoms with Gasteiger partial charge in [-0.2, -0.15) is 0 Å². The van der Waals surface area contributed by atoms with Crippen LogP contribution in [0.5, 0.6) is 11.5 Å². The van der Waals surface area contributed by atoms with Gasteiger partial charge in [-0.3, -0.25) is 0 Å². The van der Waals surface area contributed by atoms with E-state index in [-0.39, 0.29) is 6.61 Å². The summed E-state index contributed by atoms with van der Waals surface area (Å²) in [6.07, 6.45) is 1.84. The van der Waals surface area contributed by atoms with Crippen LogP contribution in [0.15, 0.2) is 24.3 Å². The van der Waals surface area contributed by atoms with Gasteiger partial charge in [0.1, 0.15) is 23.8 Å². The van der Waals surface area contributed by atoms with E-state index in [0.29, 0.717) is 18.8 Å². The molecule has 0 spiro atoms. The predicted octanol–water partition coefficient (Wildman–Crippen LogP) is 1.81. The number of rotatable bonds is 8. The molecule has 0 bridgehead atoms. The van der Waals surface area contributed by atoms with Crippen LogP contribution < -0.4 is 9.47 Å². The molecule has 0 aliphatic carbocycles. The Balaban J connectivity index is 1.91. The lowest BCUT2D eigenvalue weighted by Gasteiger charge is -2.09. The molecule has 1 aromatic heterocycles. The Morgan fingerprint density at radius 3 is 2.52 bits per heavy atom. The molecule has 21 heavy (non-hydrogen) atoms. The standard InChI is InChI=1S/C15H21N3O3/c1-3-4-15-14(11-19)16-17-18(15)9-10-21-13-7-5-12(20-2)6-8-13/h5-8,19H,3-4,9-11H2,1-2H3. The number of aliphatic hydroxyl groups is 1. The van der Waals surface area contributed by atoms with Crippen molar-refractivity contribution in [2.45, 2.75) is 32.9 Å². The number of methoxy groups -OCH3 is 1. The highest BCUT2D eigenvalue weighted by atomic mass is 16.5. The summed E-state index contributed by atoms with van der Waals surface area (Å²) in [5.74, 6) is 1.59. The summed E-state index contributed by atoms with van der Waals surface area (Å²) in [6.45, 7) is 3.12. The van der Waals surface area contributed by atoms with Crippen LogP contribution in [0.4, 0.5) is 0 Å². The first-order valence-corrected chi connectivity index (χ1v) is 7.07. The summed E-state index contributed by atoms with van der Waals surface area (Å²) in [4.78, 5) is 0. The molecule has 2 aromatic rings. The number of benzene rings is 1. The third kappa shape index (κ3) is 3.95. The Morgan fingerprint density at radius 2 is 1.90 bits per heavy atom. The lowest BCUT2D eigenvalue weighted by Crippen LogP contribution is -2.13. The van der Waals surface area contributed by atoms with Gasteiger partial charge in [0.25, 0.3) is 0 Å². The number of ether oxygens (including phenoxy) is 2. The van der Waals surface area contributed by atoms with Gasteiger partial charge in [-0.05, 0) is 30.7 Å². The van der Waals surface area contributed by atoms with Crippen LogP contribution in [0.1, 0.15) is 24.7 Å². The van der Waals surface area contributed by atoms with E-state index in [1.165, 1.54) is 0 Å². The van der Waals surface area contributed by atoms with Gasteiger partial charge in [-0.15, -0.1) is 5.10 Å². The number of aliphatic hydroxyl groups excluding tert-OH is 1. The SMILES string of the molecule is CCCc1c(CO)nnn1CCOc1ccc(OC)cc1. The topological polar surface area (TPSA) is 69.4 Å². The molecule has 1 heterocycles. The summed E-state index contributed by atoms with van der Waals surface area (Å²) in [5, 5.41) is 17.3. The fraction of sp³-hybridized carbons (Fsp3) is 0.467. The largest absolute Gasteiger partial charge is 0.497 e. The third-order valence-corrected chi connectivity index (χ3v) is 3.19. The van der Waals surface area contributed by atoms with Crippen molar-refractivity contribution in [3.05, 3.63) is 35.7 Å². The van der Waals surface area contributed by atoms with Crippen molar-refractivity contribution >= 4 is 0 Å². The highest BCUT2D eigenvalue weighted by Gasteiger charge is 2.11. The Bertz CT molecular complexity index is 552. The summed E-state index contributed by atoms with van der Waals surface area (Å²) >= 11 is 0. The Labute approximate surface area is 124 Å². The van der Waals surface area contributed by atoms with Crippen molar-refractivity contribution in [1.29, 1.82) is 0 Å². The molecule has 6 heteroatoms. The fourth-order valence-corrected chi connectivity index (χ4v) is 2.10. The normalized spacial score (nSPS) is 10.6. The Morgan fingerprint density at radius 1 is 1.19 bits per heavy atom. The van der Waals surface area contributed by atoms with Crippen molar-refractivity contribution in [1.82, 2.24) is 15.0 Å². The maximum Gasteiger partial charge on any atom is 0.119 e. The molecular formula is C15H21N3O3. The molecule has 0 aliphatic heterocycles. The highest BCUT2D eigenvalue weighted by molar-refractivity contribution is 5.31. The summed E-state index contributed by atoms with van der Waals surface area (Å²) in [7, 11) is 1.63. The van der Waals surface area contributed by atoms with Gasteiger partial charge in [0.2, 0.25) is 0 Å². The first-order chi connectivity index (χ1) is 10.3. The lowest BCUT2D eigenvalue weighted by molar-refractivity contribution is 0.274. The second kappa shape index (κ2) is 7.64. The smallest absolute Gasteiger partial charge is 0.119 e. The summed E-state index contributed by atoms with van der Waals surface area (Å²) in [6, 6.07) is 7.45. The van der Waals surface area contributed by atoms with Gasteiger partial charge in [0, 0.05) is 0 Å². The Kier molecular flexibility index (Phi) is 5.57. The minimum Gasteiger partial charge on any atom is -0.497 e. The first kappa shape index (κ1) is 15.3. The van der Waals surface area contributed by atoms with E-state index in [4.69, 9.17) is 9.47 Å². The van der Waals surface area contributed by atoms with Gasteiger partial charge in [0.15, 0.2) is 0 Å². The molecule has 0 atom stereocenters. The van der Waals surface area contributed by atoms with Crippen molar-refractivity contribution in [2.24, 2.45) is 0 Å². The van der Waals surface area contributed by atoms with Crippen LogP contribution >= 0.6 is 0 Å². The predicted molar refractivity (Wildman–Crippen MR) is 78.4 cm³/mol. The van der Waals surface area contributed by atoms with Crippen molar-refractivity contribution in [3.63, 3.8) is 0 Å². The van der Waals surface area contributed by atoms with E-state index >= 15 is 0 Å². The zero-order valence-electron chi connectivity index (χ0n) is 12.5. The fourth-order valence-electron chi connectivity index (χ4n) is 2.10. The average Bonchev–Trinajstić information content (AvgIpc) is 2.91. The van der Waals surface area contributed by atoms with Crippen LogP contribution in [0.3, 0.4) is 0 Å². The zero-order chi connectivity index (χ0) is 15.1. The molecule has 1 aromatic carbocycles. The lowest BCUT2D eigenvalue weighted by atomic mass is 10.2. The van der Waals surface area contributed by atoms with E-state index in [2.05, 4.69) is 17.2 Å². The first-order valence-electron chi connectivity index (χ1n) is 7.07.